The van der Waals surface area contributed by atoms with Crippen LogP contribution in [-0.4, -0.2) is 50.2 Å². The first-order chi connectivity index (χ1) is 14.0. The number of nitrogens with one attached hydrogen (secondary N) is 2. The summed E-state index contributed by atoms with van der Waals surface area (Å²) >= 11 is 0. The van der Waals surface area contributed by atoms with Gasteiger partial charge in [-0.2, -0.15) is 5.10 Å². The molecule has 0 bridgehead atoms. The maximum Gasteiger partial charge on any atom is 0.256 e. The number of amides is 2. The van der Waals surface area contributed by atoms with Crippen molar-refractivity contribution in [3.63, 3.8) is 0 Å². The van der Waals surface area contributed by atoms with Crippen LogP contribution in [-0.2, 0) is 11.4 Å². The summed E-state index contributed by atoms with van der Waals surface area (Å²) in [6, 6.07) is 9.05. The lowest BCUT2D eigenvalue weighted by Gasteiger charge is -2.24. The number of aliphatic hydroxyl groups excluding tert-OH is 1. The first-order valence-electron chi connectivity index (χ1n) is 9.26. The minimum atomic E-state index is -1.31. The number of nitrogens with zero attached hydrogens (tertiary/aromatic N) is 3. The third kappa shape index (κ3) is 3.52. The van der Waals surface area contributed by atoms with Crippen LogP contribution < -0.4 is 15.4 Å². The Morgan fingerprint density at radius 1 is 1.41 bits per heavy atom. The predicted molar refractivity (Wildman–Crippen MR) is 103 cm³/mol. The third-order valence-corrected chi connectivity index (χ3v) is 5.02. The van der Waals surface area contributed by atoms with Gasteiger partial charge in [0, 0.05) is 25.0 Å². The van der Waals surface area contributed by atoms with E-state index in [1.807, 2.05) is 18.2 Å². The Morgan fingerprint density at radius 3 is 2.97 bits per heavy atom. The predicted octanol–water partition coefficient (Wildman–Crippen LogP) is 0.598. The highest BCUT2D eigenvalue weighted by atomic mass is 16.5. The van der Waals surface area contributed by atoms with Crippen molar-refractivity contribution in [2.45, 2.75) is 25.5 Å². The first kappa shape index (κ1) is 18.9. The van der Waals surface area contributed by atoms with Gasteiger partial charge in [0.15, 0.2) is 0 Å². The number of carbonyl (C=O) groups is 2. The Hall–Kier alpha value is -3.46. The molecule has 2 amide bonds. The van der Waals surface area contributed by atoms with Gasteiger partial charge in [0.1, 0.15) is 17.9 Å². The largest absolute Gasteiger partial charge is 0.487 e. The lowest BCUT2D eigenvalue weighted by atomic mass is 9.98. The second-order valence-corrected chi connectivity index (χ2v) is 6.96. The SMILES string of the molecule is Cc1nn2ccc(OCc3ccccn3)cc2c1C(=O)NC1(CO)CCNC1=O. The fraction of sp³-hybridized carbons (Fsp3) is 0.300. The number of carbonyl (C=O) groups excluding carboxylic acids is 2. The van der Waals surface area contributed by atoms with Gasteiger partial charge in [-0.15, -0.1) is 0 Å². The summed E-state index contributed by atoms with van der Waals surface area (Å²) in [4.78, 5) is 29.3. The number of aliphatic hydroxyl groups is 1. The Kier molecular flexibility index (Phi) is 4.89. The monoisotopic (exact) mass is 395 g/mol. The summed E-state index contributed by atoms with van der Waals surface area (Å²) in [6.07, 6.45) is 3.72. The van der Waals surface area contributed by atoms with Crippen LogP contribution in [0.2, 0.25) is 0 Å². The van der Waals surface area contributed by atoms with Gasteiger partial charge in [-0.05, 0) is 31.5 Å². The molecule has 9 heteroatoms. The normalized spacial score (nSPS) is 18.6. The molecule has 3 aromatic heterocycles. The molecule has 150 valence electrons. The van der Waals surface area contributed by atoms with Crippen molar-refractivity contribution in [2.75, 3.05) is 13.2 Å². The van der Waals surface area contributed by atoms with Crippen LogP contribution in [0.3, 0.4) is 0 Å². The summed E-state index contributed by atoms with van der Waals surface area (Å²) in [5.41, 5.74) is 0.860. The lowest BCUT2D eigenvalue weighted by Crippen LogP contribution is -2.56. The minimum absolute atomic E-state index is 0.291. The zero-order valence-electron chi connectivity index (χ0n) is 15.9. The number of hydrogen-bond acceptors (Lipinski definition) is 6. The molecule has 3 aromatic rings. The molecule has 1 aliphatic heterocycles. The molecule has 0 aliphatic carbocycles. The molecule has 1 saturated heterocycles. The van der Waals surface area contributed by atoms with Gasteiger partial charge in [0.05, 0.1) is 29.1 Å². The fourth-order valence-corrected chi connectivity index (χ4v) is 3.42. The summed E-state index contributed by atoms with van der Waals surface area (Å²) in [5, 5.41) is 19.4. The van der Waals surface area contributed by atoms with Gasteiger partial charge < -0.3 is 20.5 Å². The molecular weight excluding hydrogens is 374 g/mol. The second-order valence-electron chi connectivity index (χ2n) is 6.96. The molecule has 0 aromatic carbocycles. The standard InChI is InChI=1S/C20H21N5O4/c1-13-17(18(27)23-20(12-26)6-8-22-19(20)28)16-10-15(5-9-25(16)24-13)29-11-14-4-2-3-7-21-14/h2-5,7,9-10,26H,6,8,11-12H2,1H3,(H,22,28)(H,23,27). The van der Waals surface area contributed by atoms with Crippen LogP contribution in [0, 0.1) is 6.92 Å². The van der Waals surface area contributed by atoms with Gasteiger partial charge in [-0.25, -0.2) is 4.52 Å². The lowest BCUT2D eigenvalue weighted by molar-refractivity contribution is -0.125. The number of pyridine rings is 2. The van der Waals surface area contributed by atoms with E-state index in [4.69, 9.17) is 4.74 Å². The van der Waals surface area contributed by atoms with E-state index in [1.54, 1.807) is 36.0 Å². The summed E-state index contributed by atoms with van der Waals surface area (Å²) in [7, 11) is 0. The van der Waals surface area contributed by atoms with Crippen LogP contribution in [0.15, 0.2) is 42.7 Å². The Bertz CT molecular complexity index is 1070. The number of aryl methyl sites for hydroxylation is 1. The topological polar surface area (TPSA) is 118 Å². The third-order valence-electron chi connectivity index (χ3n) is 5.02. The fourth-order valence-electron chi connectivity index (χ4n) is 3.42. The maximum absolute atomic E-state index is 13.0. The molecule has 4 rings (SSSR count). The van der Waals surface area contributed by atoms with E-state index in [9.17, 15) is 14.7 Å². The number of hydrogen-bond donors (Lipinski definition) is 3. The zero-order chi connectivity index (χ0) is 20.4. The highest BCUT2D eigenvalue weighted by Gasteiger charge is 2.43. The van der Waals surface area contributed by atoms with Crippen molar-refractivity contribution >= 4 is 17.3 Å². The summed E-state index contributed by atoms with van der Waals surface area (Å²) in [6.45, 7) is 1.94. The quantitative estimate of drug-likeness (QED) is 0.563. The molecule has 1 atom stereocenters. The van der Waals surface area contributed by atoms with Crippen molar-refractivity contribution in [3.05, 3.63) is 59.7 Å². The number of fused-ring (bicyclic) bond motifs is 1. The average molecular weight is 395 g/mol. The Balaban J connectivity index is 1.61. The molecule has 1 aliphatic rings. The molecule has 0 saturated carbocycles. The van der Waals surface area contributed by atoms with Crippen molar-refractivity contribution in [1.29, 1.82) is 0 Å². The summed E-state index contributed by atoms with van der Waals surface area (Å²) < 4.78 is 7.38. The van der Waals surface area contributed by atoms with Gasteiger partial charge in [0.2, 0.25) is 5.91 Å². The molecule has 0 spiro atoms. The van der Waals surface area contributed by atoms with E-state index < -0.39 is 18.1 Å². The van der Waals surface area contributed by atoms with Crippen LogP contribution in [0.25, 0.3) is 5.52 Å². The highest BCUT2D eigenvalue weighted by Crippen LogP contribution is 2.23. The molecule has 4 heterocycles. The first-order valence-corrected chi connectivity index (χ1v) is 9.26. The Morgan fingerprint density at radius 2 is 2.28 bits per heavy atom. The number of ether oxygens (including phenoxy) is 1. The van der Waals surface area contributed by atoms with Crippen molar-refractivity contribution in [1.82, 2.24) is 25.2 Å². The van der Waals surface area contributed by atoms with Gasteiger partial charge >= 0.3 is 0 Å². The van der Waals surface area contributed by atoms with Crippen molar-refractivity contribution in [2.24, 2.45) is 0 Å². The zero-order valence-corrected chi connectivity index (χ0v) is 15.9. The molecule has 0 radical (unpaired) electrons. The van der Waals surface area contributed by atoms with Crippen LogP contribution >= 0.6 is 0 Å². The average Bonchev–Trinajstić information content (AvgIpc) is 3.26. The summed E-state index contributed by atoms with van der Waals surface area (Å²) in [5.74, 6) is -0.292. The van der Waals surface area contributed by atoms with Gasteiger partial charge in [-0.1, -0.05) is 6.07 Å². The van der Waals surface area contributed by atoms with Crippen LogP contribution in [0.5, 0.6) is 5.75 Å². The molecule has 1 unspecified atom stereocenters. The van der Waals surface area contributed by atoms with E-state index in [-0.39, 0.29) is 5.91 Å². The maximum atomic E-state index is 13.0. The van der Waals surface area contributed by atoms with E-state index >= 15 is 0 Å². The van der Waals surface area contributed by atoms with E-state index in [1.165, 1.54) is 0 Å². The van der Waals surface area contributed by atoms with Gasteiger partial charge in [0.25, 0.3) is 5.91 Å². The number of aromatic nitrogens is 3. The number of rotatable bonds is 6. The van der Waals surface area contributed by atoms with Crippen molar-refractivity contribution < 1.29 is 19.4 Å². The molecule has 1 fully saturated rings. The smallest absolute Gasteiger partial charge is 0.256 e. The van der Waals surface area contributed by atoms with Gasteiger partial charge in [-0.3, -0.25) is 14.6 Å². The molecule has 29 heavy (non-hydrogen) atoms. The van der Waals surface area contributed by atoms with Crippen LogP contribution in [0.4, 0.5) is 0 Å². The van der Waals surface area contributed by atoms with Crippen LogP contribution in [0.1, 0.15) is 28.2 Å². The molecular formula is C20H21N5O4. The second kappa shape index (κ2) is 7.51. The minimum Gasteiger partial charge on any atom is -0.487 e. The van der Waals surface area contributed by atoms with E-state index in [0.717, 1.165) is 5.69 Å². The van der Waals surface area contributed by atoms with E-state index in [2.05, 4.69) is 20.7 Å². The highest BCUT2D eigenvalue weighted by molar-refractivity contribution is 6.05. The Labute approximate surface area is 166 Å². The van der Waals surface area contributed by atoms with Crippen molar-refractivity contribution in [3.8, 4) is 5.75 Å². The molecule has 3 N–H and O–H groups in total. The van der Waals surface area contributed by atoms with E-state index in [0.29, 0.717) is 42.1 Å². The molecule has 9 nitrogen and oxygen atoms in total.